The molecule has 2 fully saturated rings. The molecule has 2 aliphatic rings. The van der Waals surface area contributed by atoms with Gasteiger partial charge in [-0.3, -0.25) is 19.2 Å². The molecule has 1 saturated heterocycles. The highest BCUT2D eigenvalue weighted by Crippen LogP contribution is 2.36. The quantitative estimate of drug-likeness (QED) is 0.207. The Hall–Kier alpha value is -3.39. The van der Waals surface area contributed by atoms with Gasteiger partial charge in [0.25, 0.3) is 0 Å². The van der Waals surface area contributed by atoms with Crippen molar-refractivity contribution < 1.29 is 28.7 Å². The number of hydrogen-bond donors (Lipinski definition) is 3. The number of hydrogen-bond acceptors (Lipinski definition) is 9. The minimum atomic E-state index is -1.14. The van der Waals surface area contributed by atoms with E-state index in [-0.39, 0.29) is 54.1 Å². The van der Waals surface area contributed by atoms with E-state index < -0.39 is 35.6 Å². The van der Waals surface area contributed by atoms with E-state index in [1.165, 1.54) is 11.3 Å². The molecule has 1 aliphatic carbocycles. The third-order valence-corrected chi connectivity index (χ3v) is 11.7. The second-order valence-electron chi connectivity index (χ2n) is 15.4. The van der Waals surface area contributed by atoms with Gasteiger partial charge in [0.1, 0.15) is 11.0 Å². The molecule has 13 heteroatoms. The lowest BCUT2D eigenvalue weighted by Crippen LogP contribution is -2.61. The molecule has 7 atom stereocenters. The Morgan fingerprint density at radius 3 is 2.27 bits per heavy atom. The van der Waals surface area contributed by atoms with Gasteiger partial charge >= 0.3 is 0 Å². The summed E-state index contributed by atoms with van der Waals surface area (Å²) in [6.07, 6.45) is 5.68. The van der Waals surface area contributed by atoms with Gasteiger partial charge in [0, 0.05) is 39.4 Å². The van der Waals surface area contributed by atoms with Crippen LogP contribution in [0.4, 0.5) is 0 Å². The number of amides is 4. The van der Waals surface area contributed by atoms with Gasteiger partial charge in [-0.1, -0.05) is 57.5 Å². The molecule has 1 aliphatic heterocycles. The maximum Gasteiger partial charge on any atom is 0.245 e. The minimum Gasteiger partial charge on any atom is -0.379 e. The van der Waals surface area contributed by atoms with E-state index in [1.807, 2.05) is 61.4 Å². The number of nitrogens with two attached hydrogens (primary N) is 1. The maximum absolute atomic E-state index is 14.2. The zero-order valence-electron chi connectivity index (χ0n) is 32.2. The smallest absolute Gasteiger partial charge is 0.245 e. The zero-order chi connectivity index (χ0) is 38.2. The van der Waals surface area contributed by atoms with Crippen molar-refractivity contribution >= 4 is 35.0 Å². The number of benzene rings is 1. The van der Waals surface area contributed by atoms with Crippen LogP contribution in [0.5, 0.6) is 0 Å². The summed E-state index contributed by atoms with van der Waals surface area (Å²) in [7, 11) is 4.92. The summed E-state index contributed by atoms with van der Waals surface area (Å²) < 4.78 is 12.0. The highest BCUT2D eigenvalue weighted by molar-refractivity contribution is 7.09. The maximum atomic E-state index is 14.2. The molecule has 0 unspecified atom stereocenters. The molecule has 2 heterocycles. The lowest BCUT2D eigenvalue weighted by Gasteiger charge is -2.45. The molecule has 12 nitrogen and oxygen atoms in total. The second kappa shape index (κ2) is 18.6. The molecular weight excluding hydrogens is 681 g/mol. The van der Waals surface area contributed by atoms with Crippen molar-refractivity contribution in [3.8, 4) is 0 Å². The highest BCUT2D eigenvalue weighted by Gasteiger charge is 2.45. The summed E-state index contributed by atoms with van der Waals surface area (Å²) in [4.78, 5) is 62.9. The van der Waals surface area contributed by atoms with E-state index in [0.717, 1.165) is 36.3 Å². The molecule has 0 spiro atoms. The number of thiazole rings is 1. The van der Waals surface area contributed by atoms with Gasteiger partial charge < -0.3 is 35.6 Å². The molecule has 52 heavy (non-hydrogen) atoms. The van der Waals surface area contributed by atoms with E-state index in [4.69, 9.17) is 15.2 Å². The van der Waals surface area contributed by atoms with Crippen molar-refractivity contribution in [2.24, 2.45) is 23.5 Å². The van der Waals surface area contributed by atoms with E-state index in [9.17, 15) is 19.2 Å². The van der Waals surface area contributed by atoms with Gasteiger partial charge in [-0.05, 0) is 63.4 Å². The Morgan fingerprint density at radius 1 is 1.04 bits per heavy atom. The lowest BCUT2D eigenvalue weighted by atomic mass is 9.76. The van der Waals surface area contributed by atoms with Crippen molar-refractivity contribution in [1.82, 2.24) is 25.4 Å². The molecule has 1 aromatic heterocycles. The van der Waals surface area contributed by atoms with E-state index in [1.54, 1.807) is 46.2 Å². The van der Waals surface area contributed by atoms with Crippen LogP contribution in [-0.2, 0) is 35.1 Å². The van der Waals surface area contributed by atoms with E-state index >= 15 is 0 Å². The Morgan fingerprint density at radius 2 is 1.73 bits per heavy atom. The summed E-state index contributed by atoms with van der Waals surface area (Å²) in [5, 5.41) is 8.83. The first-order chi connectivity index (χ1) is 24.7. The van der Waals surface area contributed by atoms with Crippen molar-refractivity contribution in [1.29, 1.82) is 0 Å². The molecule has 1 saturated carbocycles. The number of nitrogens with one attached hydrogen (secondary N) is 2. The van der Waals surface area contributed by atoms with Crippen LogP contribution >= 0.6 is 11.3 Å². The number of carbonyl (C=O) groups is 4. The van der Waals surface area contributed by atoms with Crippen molar-refractivity contribution in [2.75, 3.05) is 27.8 Å². The minimum absolute atomic E-state index is 0.0700. The van der Waals surface area contributed by atoms with Crippen LogP contribution in [0, 0.1) is 17.8 Å². The van der Waals surface area contributed by atoms with Crippen LogP contribution in [0.1, 0.15) is 89.8 Å². The average molecular weight is 741 g/mol. The fraction of sp³-hybridized carbons (Fsp3) is 0.667. The standard InChI is InChI=1S/C39H60N6O6S/c1-24(2)32(43-38(49)39(4,5)40)37(48)44(6)33(27-16-12-17-27)30(50-7)23-31(46)45-20-13-18-29(45)34(51-8)25(3)35(47)42-28(36-41-19-21-52-36)22-26-14-10-9-11-15-26/h9-11,14-15,19,21,24-25,27-30,32-34H,12-13,16-18,20,22-23,40H2,1-8H3,(H,42,47)(H,43,49)/t25-,28+,29+,30-,32+,33+,34-/m1/s1. The van der Waals surface area contributed by atoms with Crippen LogP contribution in [-0.4, -0.2) is 102 Å². The first-order valence-electron chi connectivity index (χ1n) is 18.6. The van der Waals surface area contributed by atoms with Gasteiger partial charge in [0.15, 0.2) is 0 Å². The van der Waals surface area contributed by atoms with Gasteiger partial charge in [-0.15, -0.1) is 11.3 Å². The summed E-state index contributed by atoms with van der Waals surface area (Å²) in [6.45, 7) is 9.39. The molecule has 4 rings (SSSR count). The number of ether oxygens (including phenoxy) is 2. The first-order valence-corrected chi connectivity index (χ1v) is 19.5. The monoisotopic (exact) mass is 740 g/mol. The van der Waals surface area contributed by atoms with Crippen LogP contribution in [0.3, 0.4) is 0 Å². The zero-order valence-corrected chi connectivity index (χ0v) is 33.0. The van der Waals surface area contributed by atoms with Crippen LogP contribution in [0.25, 0.3) is 0 Å². The number of likely N-dealkylation sites (tertiary alicyclic amines) is 1. The molecule has 1 aromatic carbocycles. The number of likely N-dealkylation sites (N-methyl/N-ethyl adjacent to an activating group) is 1. The molecule has 4 N–H and O–H groups in total. The fourth-order valence-electron chi connectivity index (χ4n) is 7.54. The van der Waals surface area contributed by atoms with E-state index in [0.29, 0.717) is 19.4 Å². The molecular formula is C39H60N6O6S. The number of carbonyl (C=O) groups excluding carboxylic acids is 4. The summed E-state index contributed by atoms with van der Waals surface area (Å²) >= 11 is 1.51. The molecule has 0 radical (unpaired) electrons. The molecule has 2 aromatic rings. The van der Waals surface area contributed by atoms with Crippen molar-refractivity contribution in [2.45, 2.75) is 121 Å². The van der Waals surface area contributed by atoms with Gasteiger partial charge in [0.2, 0.25) is 23.6 Å². The first kappa shape index (κ1) is 41.4. The van der Waals surface area contributed by atoms with E-state index in [2.05, 4.69) is 15.6 Å². The Balaban J connectivity index is 1.48. The third kappa shape index (κ3) is 10.2. The highest BCUT2D eigenvalue weighted by atomic mass is 32.1. The number of aromatic nitrogens is 1. The number of rotatable bonds is 18. The number of nitrogens with zero attached hydrogens (tertiary/aromatic N) is 3. The van der Waals surface area contributed by atoms with Gasteiger partial charge in [0.05, 0.1) is 48.2 Å². The largest absolute Gasteiger partial charge is 0.379 e. The van der Waals surface area contributed by atoms with Crippen LogP contribution in [0.2, 0.25) is 0 Å². The predicted molar refractivity (Wildman–Crippen MR) is 202 cm³/mol. The normalized spacial score (nSPS) is 20.0. The fourth-order valence-corrected chi connectivity index (χ4v) is 8.23. The Kier molecular flexibility index (Phi) is 14.8. The third-order valence-electron chi connectivity index (χ3n) is 10.8. The Bertz CT molecular complexity index is 1460. The predicted octanol–water partition coefficient (Wildman–Crippen LogP) is 4.10. The van der Waals surface area contributed by atoms with Gasteiger partial charge in [-0.25, -0.2) is 4.98 Å². The summed E-state index contributed by atoms with van der Waals surface area (Å²) in [6, 6.07) is 8.26. The lowest BCUT2D eigenvalue weighted by molar-refractivity contribution is -0.149. The average Bonchev–Trinajstić information content (AvgIpc) is 3.80. The Labute approximate surface area is 313 Å². The number of methoxy groups -OCH3 is 2. The SMILES string of the molecule is CO[C@H]([C@@H](C)C(=O)N[C@@H](Cc1ccccc1)c1nccs1)[C@@H]1CCCN1C(=O)C[C@@H](OC)[C@H](C1CCC1)N(C)C(=O)[C@@H](NC(=O)C(C)(C)N)C(C)C. The summed E-state index contributed by atoms with van der Waals surface area (Å²) in [5.74, 6) is -1.47. The molecule has 288 valence electrons. The van der Waals surface area contributed by atoms with Crippen molar-refractivity contribution in [3.05, 3.63) is 52.5 Å². The topological polar surface area (TPSA) is 156 Å². The second-order valence-corrected chi connectivity index (χ2v) is 16.4. The van der Waals surface area contributed by atoms with Gasteiger partial charge in [-0.2, -0.15) is 0 Å². The molecule has 4 amide bonds. The molecule has 0 bridgehead atoms. The van der Waals surface area contributed by atoms with Crippen molar-refractivity contribution in [3.63, 3.8) is 0 Å². The van der Waals surface area contributed by atoms with Crippen LogP contribution in [0.15, 0.2) is 41.9 Å². The summed E-state index contributed by atoms with van der Waals surface area (Å²) in [5.41, 5.74) is 5.99. The van der Waals surface area contributed by atoms with Crippen LogP contribution < -0.4 is 16.4 Å².